The van der Waals surface area contributed by atoms with Gasteiger partial charge in [-0.3, -0.25) is 4.79 Å². The van der Waals surface area contributed by atoms with E-state index in [9.17, 15) is 4.79 Å². The van der Waals surface area contributed by atoms with E-state index >= 15 is 0 Å². The van der Waals surface area contributed by atoms with E-state index in [2.05, 4.69) is 44.3 Å². The van der Waals surface area contributed by atoms with Crippen LogP contribution >= 0.6 is 28.3 Å². The summed E-state index contributed by atoms with van der Waals surface area (Å²) in [5, 5.41) is 3.24. The Hall–Kier alpha value is -0.580. The Bertz CT molecular complexity index is 567. The zero-order chi connectivity index (χ0) is 17.0. The molecule has 1 amide bonds. The number of piperidine rings is 1. The molecule has 140 valence electrons. The first-order valence-electron chi connectivity index (χ1n) is 9.36. The van der Waals surface area contributed by atoms with Crippen molar-refractivity contribution in [2.45, 2.75) is 50.4 Å². The fraction of sp³-hybridized carbons (Fsp3) is 0.650. The Morgan fingerprint density at radius 3 is 2.56 bits per heavy atom. The van der Waals surface area contributed by atoms with Crippen molar-refractivity contribution in [3.05, 3.63) is 34.3 Å². The molecule has 0 spiro atoms. The van der Waals surface area contributed by atoms with Crippen LogP contribution in [0.25, 0.3) is 0 Å². The van der Waals surface area contributed by atoms with E-state index < -0.39 is 0 Å². The van der Waals surface area contributed by atoms with E-state index in [1.54, 1.807) is 0 Å². The molecular formula is C20H30BrClN2O. The molecule has 1 aliphatic heterocycles. The summed E-state index contributed by atoms with van der Waals surface area (Å²) in [6.45, 7) is 2.95. The van der Waals surface area contributed by atoms with Gasteiger partial charge in [-0.15, -0.1) is 12.4 Å². The van der Waals surface area contributed by atoms with Crippen molar-refractivity contribution >= 4 is 34.2 Å². The summed E-state index contributed by atoms with van der Waals surface area (Å²) in [5.74, 6) is 1.15. The molecule has 25 heavy (non-hydrogen) atoms. The normalized spacial score (nSPS) is 20.3. The highest BCUT2D eigenvalue weighted by Gasteiger charge is 2.45. The second-order valence-corrected chi connectivity index (χ2v) is 8.34. The Morgan fingerprint density at radius 2 is 1.96 bits per heavy atom. The van der Waals surface area contributed by atoms with Gasteiger partial charge < -0.3 is 10.2 Å². The SMILES string of the molecule is CNCCC1CCN(C(=O)C2(c3cccc(Br)c3)CCCC2)CC1.Cl. The Balaban J connectivity index is 0.00000225. The van der Waals surface area contributed by atoms with Gasteiger partial charge in [-0.2, -0.15) is 0 Å². The second kappa shape index (κ2) is 9.38. The molecule has 1 saturated carbocycles. The summed E-state index contributed by atoms with van der Waals surface area (Å²) in [6, 6.07) is 8.41. The molecule has 0 bridgehead atoms. The number of hydrogen-bond donors (Lipinski definition) is 1. The van der Waals surface area contributed by atoms with Crippen LogP contribution in [0.4, 0.5) is 0 Å². The van der Waals surface area contributed by atoms with Gasteiger partial charge in [-0.1, -0.05) is 40.9 Å². The van der Waals surface area contributed by atoms with Crippen LogP contribution in [0, 0.1) is 5.92 Å². The molecule has 0 radical (unpaired) electrons. The second-order valence-electron chi connectivity index (χ2n) is 7.43. The molecule has 0 unspecified atom stereocenters. The van der Waals surface area contributed by atoms with Crippen molar-refractivity contribution in [2.24, 2.45) is 5.92 Å². The molecule has 3 rings (SSSR count). The summed E-state index contributed by atoms with van der Waals surface area (Å²) in [5.41, 5.74) is 0.929. The van der Waals surface area contributed by atoms with E-state index in [1.807, 2.05) is 13.1 Å². The van der Waals surface area contributed by atoms with Crippen molar-refractivity contribution < 1.29 is 4.79 Å². The molecular weight excluding hydrogens is 400 g/mol. The number of carbonyl (C=O) groups excluding carboxylic acids is 1. The first kappa shape index (κ1) is 20.7. The summed E-state index contributed by atoms with van der Waals surface area (Å²) < 4.78 is 1.07. The van der Waals surface area contributed by atoms with Crippen molar-refractivity contribution in [3.8, 4) is 0 Å². The van der Waals surface area contributed by atoms with Crippen LogP contribution in [0.3, 0.4) is 0 Å². The number of nitrogens with zero attached hydrogens (tertiary/aromatic N) is 1. The number of benzene rings is 1. The van der Waals surface area contributed by atoms with Crippen LogP contribution in [0.1, 0.15) is 50.5 Å². The van der Waals surface area contributed by atoms with Gasteiger partial charge in [0, 0.05) is 17.6 Å². The van der Waals surface area contributed by atoms with Crippen molar-refractivity contribution in [1.29, 1.82) is 0 Å². The van der Waals surface area contributed by atoms with Crippen LogP contribution < -0.4 is 5.32 Å². The maximum Gasteiger partial charge on any atom is 0.233 e. The lowest BCUT2D eigenvalue weighted by Gasteiger charge is -2.39. The highest BCUT2D eigenvalue weighted by molar-refractivity contribution is 9.10. The molecule has 1 N–H and O–H groups in total. The molecule has 1 aromatic carbocycles. The average Bonchev–Trinajstić information content (AvgIpc) is 3.11. The molecule has 1 aliphatic carbocycles. The number of carbonyl (C=O) groups is 1. The van der Waals surface area contributed by atoms with Crippen molar-refractivity contribution in [2.75, 3.05) is 26.7 Å². The van der Waals surface area contributed by atoms with Crippen molar-refractivity contribution in [1.82, 2.24) is 10.2 Å². The lowest BCUT2D eigenvalue weighted by Crippen LogP contribution is -2.48. The van der Waals surface area contributed by atoms with E-state index in [4.69, 9.17) is 0 Å². The van der Waals surface area contributed by atoms with Crippen LogP contribution in [0.2, 0.25) is 0 Å². The van der Waals surface area contributed by atoms with E-state index in [-0.39, 0.29) is 17.8 Å². The third-order valence-corrected chi connectivity index (χ3v) is 6.44. The molecule has 2 fully saturated rings. The molecule has 0 aromatic heterocycles. The van der Waals surface area contributed by atoms with Crippen LogP contribution in [0.15, 0.2) is 28.7 Å². The highest BCUT2D eigenvalue weighted by Crippen LogP contribution is 2.43. The minimum absolute atomic E-state index is 0. The monoisotopic (exact) mass is 428 g/mol. The molecule has 0 atom stereocenters. The highest BCUT2D eigenvalue weighted by atomic mass is 79.9. The van der Waals surface area contributed by atoms with Gasteiger partial charge in [-0.25, -0.2) is 0 Å². The van der Waals surface area contributed by atoms with Gasteiger partial charge in [-0.05, 0) is 69.3 Å². The van der Waals surface area contributed by atoms with E-state index in [1.165, 1.54) is 12.0 Å². The predicted molar refractivity (Wildman–Crippen MR) is 109 cm³/mol. The van der Waals surface area contributed by atoms with Crippen LogP contribution in [-0.4, -0.2) is 37.5 Å². The number of rotatable bonds is 5. The van der Waals surface area contributed by atoms with Gasteiger partial charge in [0.25, 0.3) is 0 Å². The zero-order valence-electron chi connectivity index (χ0n) is 15.1. The van der Waals surface area contributed by atoms with Gasteiger partial charge in [0.2, 0.25) is 5.91 Å². The number of likely N-dealkylation sites (tertiary alicyclic amines) is 1. The largest absolute Gasteiger partial charge is 0.342 e. The lowest BCUT2D eigenvalue weighted by atomic mass is 9.77. The Morgan fingerprint density at radius 1 is 1.28 bits per heavy atom. The fourth-order valence-electron chi connectivity index (χ4n) is 4.47. The third kappa shape index (κ3) is 4.58. The van der Waals surface area contributed by atoms with E-state index in [0.29, 0.717) is 5.91 Å². The minimum atomic E-state index is -0.276. The van der Waals surface area contributed by atoms with Gasteiger partial charge in [0.1, 0.15) is 0 Å². The summed E-state index contributed by atoms with van der Waals surface area (Å²) >= 11 is 3.58. The molecule has 2 aliphatic rings. The topological polar surface area (TPSA) is 32.3 Å². The van der Waals surface area contributed by atoms with E-state index in [0.717, 1.165) is 68.5 Å². The first-order chi connectivity index (χ1) is 11.7. The number of hydrogen-bond acceptors (Lipinski definition) is 2. The van der Waals surface area contributed by atoms with Crippen LogP contribution in [-0.2, 0) is 10.2 Å². The zero-order valence-corrected chi connectivity index (χ0v) is 17.5. The van der Waals surface area contributed by atoms with Gasteiger partial charge >= 0.3 is 0 Å². The fourth-order valence-corrected chi connectivity index (χ4v) is 4.87. The lowest BCUT2D eigenvalue weighted by molar-refractivity contribution is -0.138. The Labute approximate surface area is 166 Å². The quantitative estimate of drug-likeness (QED) is 0.745. The minimum Gasteiger partial charge on any atom is -0.342 e. The molecule has 1 heterocycles. The van der Waals surface area contributed by atoms with Gasteiger partial charge in [0.05, 0.1) is 5.41 Å². The third-order valence-electron chi connectivity index (χ3n) is 5.95. The molecule has 5 heteroatoms. The summed E-state index contributed by atoms with van der Waals surface area (Å²) in [7, 11) is 2.01. The number of halogens is 2. The number of nitrogens with one attached hydrogen (secondary N) is 1. The average molecular weight is 430 g/mol. The standard InChI is InChI=1S/C20H29BrN2O.ClH/c1-22-12-7-16-8-13-23(14-9-16)19(24)20(10-2-3-11-20)17-5-4-6-18(21)15-17;/h4-6,15-16,22H,2-3,7-14H2,1H3;1H. The van der Waals surface area contributed by atoms with Crippen molar-refractivity contribution in [3.63, 3.8) is 0 Å². The maximum atomic E-state index is 13.5. The molecule has 1 aromatic rings. The first-order valence-corrected chi connectivity index (χ1v) is 10.1. The van der Waals surface area contributed by atoms with Gasteiger partial charge in [0.15, 0.2) is 0 Å². The molecule has 3 nitrogen and oxygen atoms in total. The van der Waals surface area contributed by atoms with Crippen LogP contribution in [0.5, 0.6) is 0 Å². The predicted octanol–water partition coefficient (Wildman–Crippen LogP) is 4.53. The smallest absolute Gasteiger partial charge is 0.233 e. The summed E-state index contributed by atoms with van der Waals surface area (Å²) in [4.78, 5) is 15.6. The number of amides is 1. The summed E-state index contributed by atoms with van der Waals surface area (Å²) in [6.07, 6.45) is 7.87. The Kier molecular flexibility index (Phi) is 7.78. The maximum absolute atomic E-state index is 13.5. The molecule has 1 saturated heterocycles.